The fraction of sp³-hybridized carbons (Fsp3) is 0.333. The Balaban J connectivity index is 3.03. The van der Waals surface area contributed by atoms with Crippen LogP contribution in [-0.4, -0.2) is 11.7 Å². The fourth-order valence-corrected chi connectivity index (χ4v) is 1.13. The second-order valence-corrected chi connectivity index (χ2v) is 3.05. The van der Waals surface area contributed by atoms with Gasteiger partial charge in [0.15, 0.2) is 0 Å². The minimum absolute atomic E-state index is 0.159. The largest absolute Gasteiger partial charge is 0.388 e. The van der Waals surface area contributed by atoms with E-state index in [0.717, 1.165) is 12.1 Å². The lowest BCUT2D eigenvalue weighted by atomic mass is 10.1. The van der Waals surface area contributed by atoms with Gasteiger partial charge in [-0.05, 0) is 30.2 Å². The molecule has 0 bridgehead atoms. The number of benzene rings is 1. The zero-order valence-corrected chi connectivity index (χ0v) is 7.98. The van der Waals surface area contributed by atoms with Gasteiger partial charge in [-0.2, -0.15) is 0 Å². The standard InChI is InChI=1S/C9H9F2N3O/c1-5-2-8(11)6(3-7(5)10)9(15)4-13-14-12/h2-3,9,15H,4H2,1H3/t9-/m0/s1. The summed E-state index contributed by atoms with van der Waals surface area (Å²) >= 11 is 0. The van der Waals surface area contributed by atoms with Crippen LogP contribution in [0.3, 0.4) is 0 Å². The van der Waals surface area contributed by atoms with Crippen LogP contribution < -0.4 is 0 Å². The van der Waals surface area contributed by atoms with E-state index in [1.807, 2.05) is 0 Å². The molecule has 0 fully saturated rings. The number of aliphatic hydroxyl groups excluding tert-OH is 1. The molecule has 1 aromatic rings. The number of hydrogen-bond donors (Lipinski definition) is 1. The molecule has 0 radical (unpaired) electrons. The first-order valence-corrected chi connectivity index (χ1v) is 4.20. The molecular formula is C9H9F2N3O. The first-order valence-electron chi connectivity index (χ1n) is 4.20. The van der Waals surface area contributed by atoms with E-state index in [4.69, 9.17) is 5.53 Å². The minimum atomic E-state index is -1.32. The third kappa shape index (κ3) is 2.65. The summed E-state index contributed by atoms with van der Waals surface area (Å²) in [4.78, 5) is 2.42. The van der Waals surface area contributed by atoms with Gasteiger partial charge < -0.3 is 5.11 Å². The van der Waals surface area contributed by atoms with Gasteiger partial charge in [-0.3, -0.25) is 0 Å². The topological polar surface area (TPSA) is 69.0 Å². The summed E-state index contributed by atoms with van der Waals surface area (Å²) in [7, 11) is 0. The average molecular weight is 213 g/mol. The summed E-state index contributed by atoms with van der Waals surface area (Å²) in [5.41, 5.74) is 7.97. The quantitative estimate of drug-likeness (QED) is 0.468. The maximum atomic E-state index is 13.2. The van der Waals surface area contributed by atoms with Crippen molar-refractivity contribution in [2.75, 3.05) is 6.54 Å². The monoisotopic (exact) mass is 213 g/mol. The summed E-state index contributed by atoms with van der Waals surface area (Å²) in [6.45, 7) is 1.10. The Hall–Kier alpha value is -1.65. The molecule has 4 nitrogen and oxygen atoms in total. The summed E-state index contributed by atoms with van der Waals surface area (Å²) in [5, 5.41) is 12.5. The van der Waals surface area contributed by atoms with Crippen molar-refractivity contribution in [3.05, 3.63) is 45.3 Å². The van der Waals surface area contributed by atoms with Gasteiger partial charge in [0.25, 0.3) is 0 Å². The van der Waals surface area contributed by atoms with Gasteiger partial charge >= 0.3 is 0 Å². The van der Waals surface area contributed by atoms with E-state index in [2.05, 4.69) is 10.0 Å². The smallest absolute Gasteiger partial charge is 0.129 e. The number of aryl methyl sites for hydroxylation is 1. The highest BCUT2D eigenvalue weighted by Crippen LogP contribution is 2.20. The third-order valence-corrected chi connectivity index (χ3v) is 1.95. The van der Waals surface area contributed by atoms with Gasteiger partial charge in [-0.1, -0.05) is 5.11 Å². The van der Waals surface area contributed by atoms with Crippen LogP contribution in [0, 0.1) is 18.6 Å². The number of aliphatic hydroxyl groups is 1. The molecule has 1 N–H and O–H groups in total. The van der Waals surface area contributed by atoms with Gasteiger partial charge in [0.05, 0.1) is 12.6 Å². The Morgan fingerprint density at radius 3 is 2.73 bits per heavy atom. The molecule has 0 saturated heterocycles. The van der Waals surface area contributed by atoms with Crippen LogP contribution in [0.5, 0.6) is 0 Å². The molecule has 0 heterocycles. The Bertz CT molecular complexity index is 416. The Labute approximate surface area is 84.8 Å². The predicted molar refractivity (Wildman–Crippen MR) is 50.1 cm³/mol. The molecule has 6 heteroatoms. The van der Waals surface area contributed by atoms with E-state index >= 15 is 0 Å². The molecule has 0 spiro atoms. The van der Waals surface area contributed by atoms with Crippen LogP contribution in [0.25, 0.3) is 10.4 Å². The van der Waals surface area contributed by atoms with E-state index in [1.165, 1.54) is 6.92 Å². The summed E-state index contributed by atoms with van der Waals surface area (Å²) in [6.07, 6.45) is -1.32. The second-order valence-electron chi connectivity index (χ2n) is 3.05. The highest BCUT2D eigenvalue weighted by molar-refractivity contribution is 5.27. The van der Waals surface area contributed by atoms with Gasteiger partial charge in [0.2, 0.25) is 0 Å². The van der Waals surface area contributed by atoms with E-state index < -0.39 is 17.7 Å². The molecule has 0 aliphatic rings. The average Bonchev–Trinajstić information content (AvgIpc) is 2.20. The van der Waals surface area contributed by atoms with Crippen LogP contribution in [0.2, 0.25) is 0 Å². The molecule has 80 valence electrons. The van der Waals surface area contributed by atoms with Crippen LogP contribution in [0.15, 0.2) is 17.2 Å². The molecule has 1 aromatic carbocycles. The molecule has 1 atom stereocenters. The SMILES string of the molecule is Cc1cc(F)c([C@@H](O)CN=[N+]=[N-])cc1F. The first kappa shape index (κ1) is 11.4. The molecule has 0 aliphatic carbocycles. The maximum Gasteiger partial charge on any atom is 0.129 e. The molecule has 0 aromatic heterocycles. The van der Waals surface area contributed by atoms with E-state index in [9.17, 15) is 13.9 Å². The van der Waals surface area contributed by atoms with Gasteiger partial charge in [-0.15, -0.1) is 0 Å². The molecule has 0 amide bonds. The van der Waals surface area contributed by atoms with Crippen molar-refractivity contribution in [3.63, 3.8) is 0 Å². The number of halogens is 2. The summed E-state index contributed by atoms with van der Waals surface area (Å²) < 4.78 is 26.3. The van der Waals surface area contributed by atoms with Crippen molar-refractivity contribution in [2.24, 2.45) is 5.11 Å². The number of azide groups is 1. The lowest BCUT2D eigenvalue weighted by Crippen LogP contribution is -2.05. The Morgan fingerprint density at radius 2 is 2.13 bits per heavy atom. The zero-order chi connectivity index (χ0) is 11.4. The van der Waals surface area contributed by atoms with E-state index in [0.29, 0.717) is 0 Å². The van der Waals surface area contributed by atoms with Gasteiger partial charge in [0, 0.05) is 10.5 Å². The van der Waals surface area contributed by atoms with Crippen molar-refractivity contribution in [2.45, 2.75) is 13.0 Å². The first-order chi connectivity index (χ1) is 7.06. The molecule has 0 saturated carbocycles. The summed E-state index contributed by atoms with van der Waals surface area (Å²) in [5.74, 6) is -1.32. The van der Waals surface area contributed by atoms with Crippen LogP contribution in [0.1, 0.15) is 17.2 Å². The zero-order valence-electron chi connectivity index (χ0n) is 7.98. The van der Waals surface area contributed by atoms with Gasteiger partial charge in [0.1, 0.15) is 11.6 Å². The van der Waals surface area contributed by atoms with E-state index in [-0.39, 0.29) is 17.7 Å². The lowest BCUT2D eigenvalue weighted by Gasteiger charge is -2.10. The van der Waals surface area contributed by atoms with Crippen LogP contribution >= 0.6 is 0 Å². The Kier molecular flexibility index (Phi) is 3.60. The van der Waals surface area contributed by atoms with Crippen LogP contribution in [0.4, 0.5) is 8.78 Å². The van der Waals surface area contributed by atoms with Crippen LogP contribution in [-0.2, 0) is 0 Å². The van der Waals surface area contributed by atoms with Gasteiger partial charge in [-0.25, -0.2) is 8.78 Å². The minimum Gasteiger partial charge on any atom is -0.388 e. The third-order valence-electron chi connectivity index (χ3n) is 1.95. The Morgan fingerprint density at radius 1 is 1.47 bits per heavy atom. The predicted octanol–water partition coefficient (Wildman–Crippen LogP) is 2.62. The molecule has 15 heavy (non-hydrogen) atoms. The highest BCUT2D eigenvalue weighted by Gasteiger charge is 2.14. The van der Waals surface area contributed by atoms with Crippen molar-refractivity contribution >= 4 is 0 Å². The number of rotatable bonds is 3. The summed E-state index contributed by atoms with van der Waals surface area (Å²) in [6, 6.07) is 1.90. The maximum absolute atomic E-state index is 13.2. The fourth-order valence-electron chi connectivity index (χ4n) is 1.13. The molecular weight excluding hydrogens is 204 g/mol. The highest BCUT2D eigenvalue weighted by atomic mass is 19.1. The molecule has 0 aliphatic heterocycles. The normalized spacial score (nSPS) is 12.0. The van der Waals surface area contributed by atoms with Crippen molar-refractivity contribution in [3.8, 4) is 0 Å². The van der Waals surface area contributed by atoms with Crippen molar-refractivity contribution in [1.29, 1.82) is 0 Å². The van der Waals surface area contributed by atoms with Crippen molar-refractivity contribution < 1.29 is 13.9 Å². The molecule has 0 unspecified atom stereocenters. The molecule has 1 rings (SSSR count). The second kappa shape index (κ2) is 4.72. The number of nitrogens with zero attached hydrogens (tertiary/aromatic N) is 3. The van der Waals surface area contributed by atoms with Crippen molar-refractivity contribution in [1.82, 2.24) is 0 Å². The number of hydrogen-bond acceptors (Lipinski definition) is 2. The van der Waals surface area contributed by atoms with E-state index in [1.54, 1.807) is 0 Å². The lowest BCUT2D eigenvalue weighted by molar-refractivity contribution is 0.181.